The van der Waals surface area contributed by atoms with E-state index in [2.05, 4.69) is 77.2 Å². The molecule has 0 radical (unpaired) electrons. The molecule has 3 nitrogen and oxygen atoms in total. The highest BCUT2D eigenvalue weighted by Gasteiger charge is 2.52. The lowest BCUT2D eigenvalue weighted by atomic mass is 9.77. The van der Waals surface area contributed by atoms with Crippen molar-refractivity contribution in [3.05, 3.63) is 40.9 Å². The lowest BCUT2D eigenvalue weighted by Crippen LogP contribution is -2.41. The Morgan fingerprint density at radius 1 is 1.08 bits per heavy atom. The SMILES string of the molecule is CNCC(=Cc1ccc(CC(C)C)cc1)B1OC(C)(C)C(C)(C)O1. The molecule has 0 bridgehead atoms. The van der Waals surface area contributed by atoms with Gasteiger partial charge >= 0.3 is 7.12 Å². The van der Waals surface area contributed by atoms with Crippen LogP contribution in [-0.4, -0.2) is 31.9 Å². The lowest BCUT2D eigenvalue weighted by molar-refractivity contribution is 0.00578. The van der Waals surface area contributed by atoms with Crippen LogP contribution in [0.3, 0.4) is 0 Å². The quantitative estimate of drug-likeness (QED) is 0.797. The van der Waals surface area contributed by atoms with Crippen molar-refractivity contribution < 1.29 is 9.31 Å². The van der Waals surface area contributed by atoms with Crippen LogP contribution in [-0.2, 0) is 15.7 Å². The van der Waals surface area contributed by atoms with E-state index in [0.29, 0.717) is 5.92 Å². The molecular weight excluding hydrogens is 297 g/mol. The van der Waals surface area contributed by atoms with E-state index in [1.54, 1.807) is 0 Å². The molecule has 0 unspecified atom stereocenters. The van der Waals surface area contributed by atoms with Crippen LogP contribution in [0.1, 0.15) is 52.7 Å². The second-order valence-corrected chi connectivity index (χ2v) is 8.18. The molecule has 0 aliphatic carbocycles. The molecule has 2 rings (SSSR count). The summed E-state index contributed by atoms with van der Waals surface area (Å²) in [4.78, 5) is 0. The molecule has 1 heterocycles. The molecule has 0 atom stereocenters. The highest BCUT2D eigenvalue weighted by molar-refractivity contribution is 6.55. The first-order chi connectivity index (χ1) is 11.1. The fourth-order valence-corrected chi connectivity index (χ4v) is 2.84. The first kappa shape index (κ1) is 19.2. The van der Waals surface area contributed by atoms with Gasteiger partial charge in [0, 0.05) is 6.54 Å². The normalized spacial score (nSPS) is 20.0. The van der Waals surface area contributed by atoms with E-state index in [1.165, 1.54) is 11.1 Å². The molecule has 1 N–H and O–H groups in total. The molecule has 1 aromatic carbocycles. The Labute approximate surface area is 148 Å². The van der Waals surface area contributed by atoms with Crippen LogP contribution in [0.4, 0.5) is 0 Å². The van der Waals surface area contributed by atoms with Gasteiger partial charge in [-0.1, -0.05) is 44.2 Å². The van der Waals surface area contributed by atoms with Gasteiger partial charge in [-0.3, -0.25) is 0 Å². The van der Waals surface area contributed by atoms with Gasteiger partial charge in [-0.25, -0.2) is 0 Å². The smallest absolute Gasteiger partial charge is 0.400 e. The Bertz CT molecular complexity index is 560. The predicted octanol–water partition coefficient (Wildman–Crippen LogP) is 4.12. The molecule has 0 aromatic heterocycles. The standard InChI is InChI=1S/C20H32BNO2/c1-15(2)12-16-8-10-17(11-9-16)13-18(14-22-7)21-23-19(3,4)20(5,6)24-21/h8-11,13,15,22H,12,14H2,1-7H3. The molecule has 1 aliphatic rings. The summed E-state index contributed by atoms with van der Waals surface area (Å²) in [7, 11) is 1.64. The van der Waals surface area contributed by atoms with E-state index in [1.807, 2.05) is 7.05 Å². The van der Waals surface area contributed by atoms with Gasteiger partial charge in [-0.15, -0.1) is 0 Å². The van der Waals surface area contributed by atoms with Crippen molar-refractivity contribution >= 4 is 13.2 Å². The summed E-state index contributed by atoms with van der Waals surface area (Å²) < 4.78 is 12.4. The summed E-state index contributed by atoms with van der Waals surface area (Å²) in [6.45, 7) is 13.6. The molecule has 24 heavy (non-hydrogen) atoms. The molecule has 0 spiro atoms. The third kappa shape index (κ3) is 4.50. The molecule has 1 fully saturated rings. The van der Waals surface area contributed by atoms with Crippen LogP contribution in [0, 0.1) is 5.92 Å². The highest BCUT2D eigenvalue weighted by atomic mass is 16.7. The Morgan fingerprint density at radius 3 is 2.08 bits per heavy atom. The zero-order valence-electron chi connectivity index (χ0n) is 16.3. The van der Waals surface area contributed by atoms with Crippen LogP contribution < -0.4 is 5.32 Å². The fourth-order valence-electron chi connectivity index (χ4n) is 2.84. The molecule has 1 saturated heterocycles. The first-order valence-corrected chi connectivity index (χ1v) is 8.94. The van der Waals surface area contributed by atoms with Gasteiger partial charge in [0.05, 0.1) is 11.2 Å². The summed E-state index contributed by atoms with van der Waals surface area (Å²) in [5.41, 5.74) is 3.06. The van der Waals surface area contributed by atoms with Crippen LogP contribution in [0.15, 0.2) is 29.7 Å². The Morgan fingerprint density at radius 2 is 1.62 bits per heavy atom. The van der Waals surface area contributed by atoms with E-state index in [9.17, 15) is 0 Å². The number of hydrogen-bond acceptors (Lipinski definition) is 3. The van der Waals surface area contributed by atoms with Crippen molar-refractivity contribution in [2.45, 2.75) is 59.2 Å². The van der Waals surface area contributed by atoms with E-state index in [4.69, 9.17) is 9.31 Å². The number of likely N-dealkylation sites (N-methyl/N-ethyl adjacent to an activating group) is 1. The summed E-state index contributed by atoms with van der Waals surface area (Å²) in [5.74, 6) is 0.677. The Kier molecular flexibility index (Phi) is 5.95. The second-order valence-electron chi connectivity index (χ2n) is 8.18. The average molecular weight is 329 g/mol. The van der Waals surface area contributed by atoms with Gasteiger partial charge in [0.1, 0.15) is 0 Å². The van der Waals surface area contributed by atoms with Crippen molar-refractivity contribution in [2.24, 2.45) is 5.92 Å². The third-order valence-corrected chi connectivity index (χ3v) is 4.91. The molecule has 1 aromatic rings. The van der Waals surface area contributed by atoms with Gasteiger partial charge in [-0.05, 0) is 63.7 Å². The van der Waals surface area contributed by atoms with Crippen molar-refractivity contribution in [2.75, 3.05) is 13.6 Å². The minimum absolute atomic E-state index is 0.308. The summed E-state index contributed by atoms with van der Waals surface area (Å²) in [6, 6.07) is 8.79. The maximum absolute atomic E-state index is 6.20. The van der Waals surface area contributed by atoms with E-state index in [-0.39, 0.29) is 18.3 Å². The molecule has 4 heteroatoms. The zero-order chi connectivity index (χ0) is 18.0. The monoisotopic (exact) mass is 329 g/mol. The van der Waals surface area contributed by atoms with Gasteiger partial charge in [-0.2, -0.15) is 0 Å². The number of benzene rings is 1. The Hall–Kier alpha value is -1.10. The molecule has 132 valence electrons. The van der Waals surface area contributed by atoms with E-state index in [0.717, 1.165) is 18.4 Å². The maximum Gasteiger partial charge on any atom is 0.491 e. The van der Waals surface area contributed by atoms with Gasteiger partial charge in [0.2, 0.25) is 0 Å². The van der Waals surface area contributed by atoms with Crippen molar-refractivity contribution in [1.82, 2.24) is 5.32 Å². The summed E-state index contributed by atoms with van der Waals surface area (Å²) in [6.07, 6.45) is 3.29. The minimum Gasteiger partial charge on any atom is -0.400 e. The molecule has 0 saturated carbocycles. The predicted molar refractivity (Wildman–Crippen MR) is 103 cm³/mol. The number of hydrogen-bond donors (Lipinski definition) is 1. The first-order valence-electron chi connectivity index (χ1n) is 8.94. The number of rotatable bonds is 6. The Balaban J connectivity index is 2.20. The van der Waals surface area contributed by atoms with Crippen LogP contribution in [0.5, 0.6) is 0 Å². The van der Waals surface area contributed by atoms with Crippen molar-refractivity contribution in [3.8, 4) is 0 Å². The number of nitrogens with one attached hydrogen (secondary N) is 1. The largest absolute Gasteiger partial charge is 0.491 e. The zero-order valence-corrected chi connectivity index (χ0v) is 16.3. The van der Waals surface area contributed by atoms with Crippen molar-refractivity contribution in [3.63, 3.8) is 0 Å². The third-order valence-electron chi connectivity index (χ3n) is 4.91. The topological polar surface area (TPSA) is 30.5 Å². The van der Waals surface area contributed by atoms with Gasteiger partial charge < -0.3 is 14.6 Å². The van der Waals surface area contributed by atoms with Gasteiger partial charge in [0.15, 0.2) is 0 Å². The van der Waals surface area contributed by atoms with E-state index < -0.39 is 0 Å². The summed E-state index contributed by atoms with van der Waals surface area (Å²) in [5, 5.41) is 3.23. The van der Waals surface area contributed by atoms with E-state index >= 15 is 0 Å². The van der Waals surface area contributed by atoms with Crippen molar-refractivity contribution in [1.29, 1.82) is 0 Å². The molecular formula is C20H32BNO2. The fraction of sp³-hybridized carbons (Fsp3) is 0.600. The average Bonchev–Trinajstić information content (AvgIpc) is 2.68. The van der Waals surface area contributed by atoms with Gasteiger partial charge in [0.25, 0.3) is 0 Å². The van der Waals surface area contributed by atoms with Crippen LogP contribution in [0.2, 0.25) is 0 Å². The van der Waals surface area contributed by atoms with Crippen LogP contribution in [0.25, 0.3) is 6.08 Å². The lowest BCUT2D eigenvalue weighted by Gasteiger charge is -2.32. The summed E-state index contributed by atoms with van der Waals surface area (Å²) >= 11 is 0. The highest BCUT2D eigenvalue weighted by Crippen LogP contribution is 2.38. The van der Waals surface area contributed by atoms with Crippen LogP contribution >= 0.6 is 0 Å². The second kappa shape index (κ2) is 7.43. The molecule has 0 amide bonds. The molecule has 1 aliphatic heterocycles. The maximum atomic E-state index is 6.20. The minimum atomic E-state index is -0.314.